The lowest BCUT2D eigenvalue weighted by atomic mass is 9.84. The van der Waals surface area contributed by atoms with Crippen LogP contribution in [0, 0.1) is 5.92 Å². The predicted octanol–water partition coefficient (Wildman–Crippen LogP) is 2.79. The van der Waals surface area contributed by atoms with Crippen LogP contribution in [0.3, 0.4) is 0 Å². The highest BCUT2D eigenvalue weighted by Gasteiger charge is 2.47. The van der Waals surface area contributed by atoms with Crippen LogP contribution in [-0.2, 0) is 11.3 Å². The number of amides is 1. The maximum absolute atomic E-state index is 13.1. The number of carboxylic acids is 1. The summed E-state index contributed by atoms with van der Waals surface area (Å²) in [6.45, 7) is 0.586. The number of hydrogen-bond donors (Lipinski definition) is 1. The van der Waals surface area contributed by atoms with Crippen molar-refractivity contribution >= 4 is 11.9 Å². The quantitative estimate of drug-likeness (QED) is 0.917. The van der Waals surface area contributed by atoms with Crippen LogP contribution in [-0.4, -0.2) is 43.7 Å². The number of carbonyl (C=O) groups excluding carboxylic acids is 1. The summed E-state index contributed by atoms with van der Waals surface area (Å²) in [7, 11) is 0. The summed E-state index contributed by atoms with van der Waals surface area (Å²) in [4.78, 5) is 26.4. The molecule has 0 spiro atoms. The van der Waals surface area contributed by atoms with Crippen molar-refractivity contribution in [1.82, 2.24) is 14.7 Å². The first-order valence-electron chi connectivity index (χ1n) is 9.25. The summed E-state index contributed by atoms with van der Waals surface area (Å²) >= 11 is 0. The Bertz CT molecular complexity index is 802. The average Bonchev–Trinajstić information content (AvgIpc) is 3.26. The third kappa shape index (κ3) is 3.11. The van der Waals surface area contributed by atoms with Gasteiger partial charge in [-0.25, -0.2) is 4.79 Å². The Morgan fingerprint density at radius 2 is 1.92 bits per heavy atom. The van der Waals surface area contributed by atoms with Gasteiger partial charge < -0.3 is 10.0 Å². The largest absolute Gasteiger partial charge is 0.480 e. The Kier molecular flexibility index (Phi) is 4.49. The summed E-state index contributed by atoms with van der Waals surface area (Å²) in [6, 6.07) is 9.25. The van der Waals surface area contributed by atoms with E-state index in [1.54, 1.807) is 22.0 Å². The number of rotatable bonds is 4. The van der Waals surface area contributed by atoms with E-state index < -0.39 is 12.0 Å². The molecule has 0 bridgehead atoms. The number of nitrogens with zero attached hydrogens (tertiary/aromatic N) is 3. The van der Waals surface area contributed by atoms with Gasteiger partial charge in [0, 0.05) is 12.2 Å². The van der Waals surface area contributed by atoms with Gasteiger partial charge >= 0.3 is 5.97 Å². The topological polar surface area (TPSA) is 75.4 Å². The monoisotopic (exact) mass is 353 g/mol. The molecule has 136 valence electrons. The Morgan fingerprint density at radius 3 is 2.69 bits per heavy atom. The van der Waals surface area contributed by atoms with Gasteiger partial charge in [-0.2, -0.15) is 5.10 Å². The molecule has 1 saturated carbocycles. The third-order valence-corrected chi connectivity index (χ3v) is 5.68. The van der Waals surface area contributed by atoms with Gasteiger partial charge in [0.15, 0.2) is 0 Å². The minimum absolute atomic E-state index is 0.0508. The van der Waals surface area contributed by atoms with E-state index in [1.165, 1.54) is 0 Å². The first kappa shape index (κ1) is 16.8. The van der Waals surface area contributed by atoms with Gasteiger partial charge in [0.25, 0.3) is 5.91 Å². The molecule has 1 aromatic heterocycles. The zero-order valence-corrected chi connectivity index (χ0v) is 14.6. The second-order valence-electron chi connectivity index (χ2n) is 7.33. The third-order valence-electron chi connectivity index (χ3n) is 5.68. The van der Waals surface area contributed by atoms with Crippen LogP contribution in [0.4, 0.5) is 0 Å². The molecule has 2 fully saturated rings. The Balaban J connectivity index is 1.55. The van der Waals surface area contributed by atoms with E-state index in [0.29, 0.717) is 24.4 Å². The summed E-state index contributed by atoms with van der Waals surface area (Å²) in [5, 5.41) is 13.9. The van der Waals surface area contributed by atoms with Crippen LogP contribution in [0.2, 0.25) is 0 Å². The molecule has 6 nitrogen and oxygen atoms in total. The van der Waals surface area contributed by atoms with E-state index in [-0.39, 0.29) is 11.9 Å². The van der Waals surface area contributed by atoms with E-state index in [2.05, 4.69) is 5.10 Å². The molecule has 0 unspecified atom stereocenters. The van der Waals surface area contributed by atoms with Crippen molar-refractivity contribution in [2.75, 3.05) is 0 Å². The standard InChI is InChI=1S/C20H23N3O3/c24-19(16-11-21-22(13-16)12-14-6-2-1-3-7-14)23-17-9-5-4-8-15(17)10-18(23)20(25)26/h1-3,6-7,11,13,15,17-18H,4-5,8-10,12H2,(H,25,26)/t15-,17+,18+/m1/s1. The minimum Gasteiger partial charge on any atom is -0.480 e. The van der Waals surface area contributed by atoms with Gasteiger partial charge in [0.2, 0.25) is 0 Å². The highest BCUT2D eigenvalue weighted by molar-refractivity contribution is 5.97. The fraction of sp³-hybridized carbons (Fsp3) is 0.450. The highest BCUT2D eigenvalue weighted by atomic mass is 16.4. The zero-order chi connectivity index (χ0) is 18.1. The van der Waals surface area contributed by atoms with Crippen LogP contribution in [0.15, 0.2) is 42.7 Å². The molecule has 26 heavy (non-hydrogen) atoms. The number of carbonyl (C=O) groups is 2. The maximum atomic E-state index is 13.1. The highest BCUT2D eigenvalue weighted by Crippen LogP contribution is 2.40. The van der Waals surface area contributed by atoms with Crippen LogP contribution in [0.1, 0.15) is 48.0 Å². The lowest BCUT2D eigenvalue weighted by Crippen LogP contribution is -2.46. The van der Waals surface area contributed by atoms with E-state index >= 15 is 0 Å². The number of aliphatic carboxylic acids is 1. The van der Waals surface area contributed by atoms with Crippen LogP contribution >= 0.6 is 0 Å². The first-order chi connectivity index (χ1) is 12.6. The molecule has 2 aliphatic rings. The van der Waals surface area contributed by atoms with Gasteiger partial charge in [-0.05, 0) is 30.7 Å². The fourth-order valence-electron chi connectivity index (χ4n) is 4.45. The number of hydrogen-bond acceptors (Lipinski definition) is 3. The molecule has 0 radical (unpaired) electrons. The van der Waals surface area contributed by atoms with Gasteiger partial charge in [-0.15, -0.1) is 0 Å². The summed E-state index contributed by atoms with van der Waals surface area (Å²) in [6.07, 6.45) is 7.97. The summed E-state index contributed by atoms with van der Waals surface area (Å²) < 4.78 is 1.73. The molecule has 1 amide bonds. The van der Waals surface area contributed by atoms with Crippen molar-refractivity contribution in [3.8, 4) is 0 Å². The Morgan fingerprint density at radius 1 is 1.15 bits per heavy atom. The smallest absolute Gasteiger partial charge is 0.326 e. The molecule has 2 aromatic rings. The van der Waals surface area contributed by atoms with Crippen LogP contribution < -0.4 is 0 Å². The zero-order valence-electron chi connectivity index (χ0n) is 14.6. The van der Waals surface area contributed by atoms with Crippen molar-refractivity contribution in [3.63, 3.8) is 0 Å². The summed E-state index contributed by atoms with van der Waals surface area (Å²) in [5.74, 6) is -0.788. The SMILES string of the molecule is O=C(O)[C@@H]1C[C@H]2CCCC[C@@H]2N1C(=O)c1cnn(Cc2ccccc2)c1. The normalized spacial score (nSPS) is 25.1. The maximum Gasteiger partial charge on any atom is 0.326 e. The van der Waals surface area contributed by atoms with E-state index in [0.717, 1.165) is 31.2 Å². The van der Waals surface area contributed by atoms with Gasteiger partial charge in [-0.3, -0.25) is 9.48 Å². The van der Waals surface area contributed by atoms with Gasteiger partial charge in [0.05, 0.1) is 18.3 Å². The molecule has 3 atom stereocenters. The van der Waals surface area contributed by atoms with Crippen molar-refractivity contribution in [1.29, 1.82) is 0 Å². The number of aromatic nitrogens is 2. The summed E-state index contributed by atoms with van der Waals surface area (Å²) in [5.41, 5.74) is 1.57. The van der Waals surface area contributed by atoms with Crippen molar-refractivity contribution in [3.05, 3.63) is 53.9 Å². The molecule has 2 heterocycles. The molecule has 1 N–H and O–H groups in total. The minimum atomic E-state index is -0.899. The lowest BCUT2D eigenvalue weighted by Gasteiger charge is -2.32. The number of carboxylic acid groups (broad SMARTS) is 1. The van der Waals surface area contributed by atoms with E-state index in [9.17, 15) is 14.7 Å². The van der Waals surface area contributed by atoms with Crippen molar-refractivity contribution < 1.29 is 14.7 Å². The molecule has 1 saturated heterocycles. The average molecular weight is 353 g/mol. The molecular weight excluding hydrogens is 330 g/mol. The first-order valence-corrected chi connectivity index (χ1v) is 9.25. The van der Waals surface area contributed by atoms with Crippen molar-refractivity contribution in [2.45, 2.75) is 50.7 Å². The van der Waals surface area contributed by atoms with Crippen molar-refractivity contribution in [2.24, 2.45) is 5.92 Å². The predicted molar refractivity (Wildman–Crippen MR) is 95.7 cm³/mol. The lowest BCUT2D eigenvalue weighted by molar-refractivity contribution is -0.141. The second-order valence-corrected chi connectivity index (χ2v) is 7.33. The van der Waals surface area contributed by atoms with E-state index in [4.69, 9.17) is 0 Å². The van der Waals surface area contributed by atoms with Crippen LogP contribution in [0.25, 0.3) is 0 Å². The molecule has 1 aliphatic carbocycles. The number of fused-ring (bicyclic) bond motifs is 1. The molecular formula is C20H23N3O3. The second kappa shape index (κ2) is 6.94. The number of likely N-dealkylation sites (tertiary alicyclic amines) is 1. The van der Waals surface area contributed by atoms with E-state index in [1.807, 2.05) is 30.3 Å². The van der Waals surface area contributed by atoms with Gasteiger partial charge in [-0.1, -0.05) is 43.2 Å². The van der Waals surface area contributed by atoms with Gasteiger partial charge in [0.1, 0.15) is 6.04 Å². The van der Waals surface area contributed by atoms with Crippen LogP contribution in [0.5, 0.6) is 0 Å². The number of benzene rings is 1. The molecule has 1 aromatic carbocycles. The fourth-order valence-corrected chi connectivity index (χ4v) is 4.45. The molecule has 4 rings (SSSR count). The molecule has 6 heteroatoms. The molecule has 1 aliphatic heterocycles. The Labute approximate surface area is 152 Å². The Hall–Kier alpha value is -2.63.